The molecular weight excluding hydrogens is 266 g/mol. The van der Waals surface area contributed by atoms with Gasteiger partial charge in [0.25, 0.3) is 0 Å². The van der Waals surface area contributed by atoms with Gasteiger partial charge in [0.15, 0.2) is 0 Å². The first-order valence-corrected chi connectivity index (χ1v) is 7.86. The van der Waals surface area contributed by atoms with Gasteiger partial charge in [0, 0.05) is 13.1 Å². The summed E-state index contributed by atoms with van der Waals surface area (Å²) in [6.45, 7) is 7.18. The van der Waals surface area contributed by atoms with Crippen molar-refractivity contribution in [1.29, 1.82) is 0 Å². The third-order valence-electron chi connectivity index (χ3n) is 3.92. The lowest BCUT2D eigenvalue weighted by molar-refractivity contribution is 0.0270. The van der Waals surface area contributed by atoms with Crippen molar-refractivity contribution in [2.75, 3.05) is 19.7 Å². The van der Waals surface area contributed by atoms with Gasteiger partial charge >= 0.3 is 0 Å². The van der Waals surface area contributed by atoms with Crippen molar-refractivity contribution < 1.29 is 14.9 Å². The minimum absolute atomic E-state index is 0.245. The predicted octanol–water partition coefficient (Wildman–Crippen LogP) is 2.13. The molecular formula is C17H29NO3. The molecule has 4 heteroatoms. The summed E-state index contributed by atoms with van der Waals surface area (Å²) in [6.07, 6.45) is 1.82. The number of aliphatic hydroxyl groups is 2. The van der Waals surface area contributed by atoms with Crippen molar-refractivity contribution in [3.63, 3.8) is 0 Å². The summed E-state index contributed by atoms with van der Waals surface area (Å²) in [5.74, 6) is 0.768. The maximum absolute atomic E-state index is 10.1. The molecule has 0 bridgehead atoms. The van der Waals surface area contributed by atoms with Crippen molar-refractivity contribution in [1.82, 2.24) is 5.32 Å². The zero-order valence-electron chi connectivity index (χ0n) is 13.4. The van der Waals surface area contributed by atoms with E-state index in [-0.39, 0.29) is 6.61 Å². The van der Waals surface area contributed by atoms with Crippen LogP contribution >= 0.6 is 0 Å². The fourth-order valence-corrected chi connectivity index (χ4v) is 2.04. The first-order chi connectivity index (χ1) is 10.0. The molecule has 0 spiro atoms. The van der Waals surface area contributed by atoms with E-state index < -0.39 is 11.7 Å². The highest BCUT2D eigenvalue weighted by atomic mass is 16.5. The molecule has 0 aliphatic carbocycles. The minimum atomic E-state index is -0.684. The van der Waals surface area contributed by atoms with E-state index in [0.717, 1.165) is 12.2 Å². The van der Waals surface area contributed by atoms with Crippen LogP contribution in [-0.2, 0) is 6.42 Å². The van der Waals surface area contributed by atoms with Gasteiger partial charge in [-0.25, -0.2) is 0 Å². The van der Waals surface area contributed by atoms with E-state index in [2.05, 4.69) is 12.2 Å². The molecule has 1 atom stereocenters. The van der Waals surface area contributed by atoms with E-state index in [1.54, 1.807) is 0 Å². The predicted molar refractivity (Wildman–Crippen MR) is 85.7 cm³/mol. The lowest BCUT2D eigenvalue weighted by atomic mass is 9.97. The van der Waals surface area contributed by atoms with Crippen molar-refractivity contribution in [2.24, 2.45) is 0 Å². The molecule has 1 rings (SSSR count). The highest BCUT2D eigenvalue weighted by molar-refractivity contribution is 5.27. The minimum Gasteiger partial charge on any atom is -0.491 e. The largest absolute Gasteiger partial charge is 0.491 e. The normalized spacial score (nSPS) is 13.2. The van der Waals surface area contributed by atoms with Crippen LogP contribution in [0.1, 0.15) is 39.2 Å². The molecule has 1 unspecified atom stereocenters. The lowest BCUT2D eigenvalue weighted by Gasteiger charge is -2.26. The summed E-state index contributed by atoms with van der Waals surface area (Å²) in [5, 5.41) is 23.1. The topological polar surface area (TPSA) is 61.7 Å². The van der Waals surface area contributed by atoms with Gasteiger partial charge < -0.3 is 20.3 Å². The zero-order chi connectivity index (χ0) is 15.7. The molecule has 0 aliphatic rings. The molecule has 0 saturated heterocycles. The Hall–Kier alpha value is -1.10. The molecule has 120 valence electrons. The summed E-state index contributed by atoms with van der Waals surface area (Å²) in [4.78, 5) is 0. The van der Waals surface area contributed by atoms with Gasteiger partial charge in [0.05, 0.1) is 5.60 Å². The summed E-state index contributed by atoms with van der Waals surface area (Å²) >= 11 is 0. The first-order valence-electron chi connectivity index (χ1n) is 7.86. The van der Waals surface area contributed by atoms with Crippen LogP contribution in [0.2, 0.25) is 0 Å². The van der Waals surface area contributed by atoms with E-state index in [1.807, 2.05) is 38.1 Å². The van der Waals surface area contributed by atoms with E-state index >= 15 is 0 Å². The van der Waals surface area contributed by atoms with Crippen LogP contribution in [0.15, 0.2) is 24.3 Å². The molecule has 1 aromatic carbocycles. The average molecular weight is 295 g/mol. The molecule has 0 heterocycles. The fraction of sp³-hybridized carbons (Fsp3) is 0.647. The number of aryl methyl sites for hydroxylation is 1. The molecule has 3 N–H and O–H groups in total. The third-order valence-corrected chi connectivity index (χ3v) is 3.92. The number of ether oxygens (including phenoxy) is 1. The van der Waals surface area contributed by atoms with Gasteiger partial charge in [-0.05, 0) is 37.0 Å². The van der Waals surface area contributed by atoms with Crippen LogP contribution in [0.25, 0.3) is 0 Å². The Kier molecular flexibility index (Phi) is 7.72. The van der Waals surface area contributed by atoms with Crippen LogP contribution in [0.4, 0.5) is 0 Å². The fourth-order valence-electron chi connectivity index (χ4n) is 2.04. The van der Waals surface area contributed by atoms with Crippen molar-refractivity contribution >= 4 is 0 Å². The SMILES string of the molecule is CCc1ccc(OCC(O)CNCC(O)(CC)CC)cc1. The van der Waals surface area contributed by atoms with Crippen LogP contribution in [0.5, 0.6) is 5.75 Å². The van der Waals surface area contributed by atoms with Gasteiger partial charge in [0.2, 0.25) is 0 Å². The Labute approximate surface area is 128 Å². The molecule has 0 radical (unpaired) electrons. The maximum Gasteiger partial charge on any atom is 0.119 e. The van der Waals surface area contributed by atoms with E-state index in [9.17, 15) is 10.2 Å². The van der Waals surface area contributed by atoms with E-state index in [0.29, 0.717) is 25.9 Å². The molecule has 1 aromatic rings. The number of benzene rings is 1. The van der Waals surface area contributed by atoms with Gasteiger partial charge in [-0.3, -0.25) is 0 Å². The number of aliphatic hydroxyl groups excluding tert-OH is 1. The summed E-state index contributed by atoms with van der Waals surface area (Å²) < 4.78 is 5.55. The standard InChI is InChI=1S/C17H29NO3/c1-4-14-7-9-16(10-8-14)21-12-15(19)11-18-13-17(20,5-2)6-3/h7-10,15,18-20H,4-6,11-13H2,1-3H3. The van der Waals surface area contributed by atoms with Crippen molar-refractivity contribution in [3.05, 3.63) is 29.8 Å². The van der Waals surface area contributed by atoms with Crippen LogP contribution in [-0.4, -0.2) is 41.6 Å². The molecule has 0 aliphatic heterocycles. The second kappa shape index (κ2) is 9.03. The Morgan fingerprint density at radius 2 is 1.76 bits per heavy atom. The van der Waals surface area contributed by atoms with Crippen molar-refractivity contribution in [2.45, 2.75) is 51.7 Å². The number of hydrogen-bond donors (Lipinski definition) is 3. The highest BCUT2D eigenvalue weighted by Gasteiger charge is 2.21. The zero-order valence-corrected chi connectivity index (χ0v) is 13.4. The summed E-state index contributed by atoms with van der Waals surface area (Å²) in [6, 6.07) is 7.91. The lowest BCUT2D eigenvalue weighted by Crippen LogP contribution is -2.43. The second-order valence-electron chi connectivity index (χ2n) is 5.52. The second-order valence-corrected chi connectivity index (χ2v) is 5.52. The molecule has 0 saturated carbocycles. The smallest absolute Gasteiger partial charge is 0.119 e. The average Bonchev–Trinajstić information content (AvgIpc) is 2.53. The highest BCUT2D eigenvalue weighted by Crippen LogP contribution is 2.14. The van der Waals surface area contributed by atoms with Gasteiger partial charge in [-0.15, -0.1) is 0 Å². The monoisotopic (exact) mass is 295 g/mol. The van der Waals surface area contributed by atoms with E-state index in [4.69, 9.17) is 4.74 Å². The number of rotatable bonds is 10. The quantitative estimate of drug-likeness (QED) is 0.619. The Balaban J connectivity index is 2.25. The van der Waals surface area contributed by atoms with Crippen LogP contribution < -0.4 is 10.1 Å². The van der Waals surface area contributed by atoms with Crippen molar-refractivity contribution in [3.8, 4) is 5.75 Å². The maximum atomic E-state index is 10.1. The van der Waals surface area contributed by atoms with E-state index in [1.165, 1.54) is 5.56 Å². The molecule has 0 aromatic heterocycles. The number of hydrogen-bond acceptors (Lipinski definition) is 4. The summed E-state index contributed by atoms with van der Waals surface area (Å²) in [5.41, 5.74) is 0.583. The number of nitrogens with one attached hydrogen (secondary N) is 1. The Morgan fingerprint density at radius 1 is 1.14 bits per heavy atom. The van der Waals surface area contributed by atoms with Gasteiger partial charge in [0.1, 0.15) is 18.5 Å². The van der Waals surface area contributed by atoms with Gasteiger partial charge in [-0.2, -0.15) is 0 Å². The molecule has 0 fully saturated rings. The summed E-state index contributed by atoms with van der Waals surface area (Å²) in [7, 11) is 0. The molecule has 0 amide bonds. The van der Waals surface area contributed by atoms with Crippen LogP contribution in [0.3, 0.4) is 0 Å². The molecule has 21 heavy (non-hydrogen) atoms. The Bertz CT molecular complexity index is 388. The Morgan fingerprint density at radius 3 is 2.29 bits per heavy atom. The first kappa shape index (κ1) is 18.0. The molecule has 4 nitrogen and oxygen atoms in total. The third kappa shape index (κ3) is 6.46. The van der Waals surface area contributed by atoms with Crippen LogP contribution in [0, 0.1) is 0 Å². The van der Waals surface area contributed by atoms with Gasteiger partial charge in [-0.1, -0.05) is 32.9 Å².